The topological polar surface area (TPSA) is 70.3 Å². The molecule has 1 aliphatic rings. The van der Waals surface area contributed by atoms with Crippen LogP contribution >= 0.6 is 0 Å². The number of nitrogens with zero attached hydrogens (tertiary/aromatic N) is 3. The molecule has 0 aliphatic carbocycles. The van der Waals surface area contributed by atoms with Gasteiger partial charge in [0.2, 0.25) is 0 Å². The molecule has 0 saturated carbocycles. The van der Waals surface area contributed by atoms with Gasteiger partial charge in [0.05, 0.1) is 12.4 Å². The molecule has 0 bridgehead atoms. The number of piperazine rings is 1. The number of carbonyl (C=O) groups excluding carboxylic acids is 1. The van der Waals surface area contributed by atoms with E-state index in [1.807, 2.05) is 11.8 Å². The lowest BCUT2D eigenvalue weighted by atomic mass is 10.0. The summed E-state index contributed by atoms with van der Waals surface area (Å²) in [6.45, 7) is 10.8. The van der Waals surface area contributed by atoms with E-state index in [1.54, 1.807) is 19.2 Å². The van der Waals surface area contributed by atoms with Crippen LogP contribution in [0.2, 0.25) is 0 Å². The second kappa shape index (κ2) is 10.2. The minimum atomic E-state index is -0.0471. The number of amides is 1. The first-order valence-corrected chi connectivity index (χ1v) is 9.46. The van der Waals surface area contributed by atoms with Crippen LogP contribution in [-0.4, -0.2) is 74.1 Å². The molecule has 1 amide bonds. The highest BCUT2D eigenvalue weighted by molar-refractivity contribution is 5.91. The number of nitrogens with one attached hydrogen (secondary N) is 1. The van der Waals surface area contributed by atoms with Gasteiger partial charge in [-0.05, 0) is 31.4 Å². The van der Waals surface area contributed by atoms with Gasteiger partial charge in [-0.2, -0.15) is 0 Å². The molecule has 7 heteroatoms. The van der Waals surface area contributed by atoms with E-state index in [4.69, 9.17) is 9.15 Å². The lowest BCUT2D eigenvalue weighted by Gasteiger charge is -2.36. The number of guanidine groups is 1. The normalized spacial score (nSPS) is 16.9. The zero-order valence-electron chi connectivity index (χ0n) is 16.4. The van der Waals surface area contributed by atoms with Crippen LogP contribution in [0, 0.1) is 5.92 Å². The van der Waals surface area contributed by atoms with Crippen molar-refractivity contribution in [2.24, 2.45) is 10.9 Å². The molecule has 146 valence electrons. The molecule has 0 radical (unpaired) electrons. The van der Waals surface area contributed by atoms with Crippen molar-refractivity contribution in [1.82, 2.24) is 15.1 Å². The SMILES string of the molecule is CCOC(CCNC(=NC)N1CCN(C(=O)c2ccco2)CC1)C(C)C. The summed E-state index contributed by atoms with van der Waals surface area (Å²) >= 11 is 0. The van der Waals surface area contributed by atoms with E-state index in [0.717, 1.165) is 38.6 Å². The van der Waals surface area contributed by atoms with E-state index in [0.29, 0.717) is 24.8 Å². The standard InChI is InChI=1S/C19H32N4O3/c1-5-25-16(15(2)3)8-9-21-19(20-4)23-12-10-22(11-13-23)18(24)17-7-6-14-26-17/h6-7,14-16H,5,8-13H2,1-4H3,(H,20,21). The molecular weight excluding hydrogens is 332 g/mol. The first-order chi connectivity index (χ1) is 12.6. The number of hydrogen-bond donors (Lipinski definition) is 1. The average Bonchev–Trinajstić information content (AvgIpc) is 3.18. The first-order valence-electron chi connectivity index (χ1n) is 9.46. The van der Waals surface area contributed by atoms with Crippen molar-refractivity contribution in [3.8, 4) is 0 Å². The maximum atomic E-state index is 12.3. The van der Waals surface area contributed by atoms with Crippen molar-refractivity contribution in [3.05, 3.63) is 24.2 Å². The van der Waals surface area contributed by atoms with E-state index in [1.165, 1.54) is 6.26 Å². The second-order valence-electron chi connectivity index (χ2n) is 6.76. The quantitative estimate of drug-likeness (QED) is 0.592. The Hall–Kier alpha value is -2.02. The average molecular weight is 364 g/mol. The summed E-state index contributed by atoms with van der Waals surface area (Å²) in [5.74, 6) is 1.73. The van der Waals surface area contributed by atoms with Gasteiger partial charge in [0.25, 0.3) is 5.91 Å². The molecule has 1 aromatic rings. The molecule has 1 atom stereocenters. The lowest BCUT2D eigenvalue weighted by molar-refractivity contribution is 0.0256. The molecule has 0 aromatic carbocycles. The molecule has 0 spiro atoms. The summed E-state index contributed by atoms with van der Waals surface area (Å²) in [7, 11) is 1.80. The van der Waals surface area contributed by atoms with E-state index in [-0.39, 0.29) is 12.0 Å². The summed E-state index contributed by atoms with van der Waals surface area (Å²) in [5, 5.41) is 3.43. The lowest BCUT2D eigenvalue weighted by Crippen LogP contribution is -2.54. The predicted octanol–water partition coefficient (Wildman–Crippen LogP) is 2.06. The highest BCUT2D eigenvalue weighted by atomic mass is 16.5. The molecular formula is C19H32N4O3. The van der Waals surface area contributed by atoms with Crippen molar-refractivity contribution >= 4 is 11.9 Å². The third kappa shape index (κ3) is 5.49. The summed E-state index contributed by atoms with van der Waals surface area (Å²) in [6, 6.07) is 3.45. The number of aliphatic imine (C=N–C) groups is 1. The molecule has 2 rings (SSSR count). The maximum absolute atomic E-state index is 12.3. The number of rotatable bonds is 7. The summed E-state index contributed by atoms with van der Waals surface area (Å²) in [6.07, 6.45) is 2.73. The Morgan fingerprint density at radius 3 is 2.54 bits per heavy atom. The van der Waals surface area contributed by atoms with Gasteiger partial charge in [0, 0.05) is 46.4 Å². The highest BCUT2D eigenvalue weighted by Gasteiger charge is 2.25. The molecule has 1 N–H and O–H groups in total. The summed E-state index contributed by atoms with van der Waals surface area (Å²) in [5.41, 5.74) is 0. The molecule has 1 aliphatic heterocycles. The predicted molar refractivity (Wildman–Crippen MR) is 102 cm³/mol. The summed E-state index contributed by atoms with van der Waals surface area (Å²) < 4.78 is 11.0. The van der Waals surface area contributed by atoms with Gasteiger partial charge in [-0.25, -0.2) is 0 Å². The van der Waals surface area contributed by atoms with Crippen LogP contribution in [0.3, 0.4) is 0 Å². The minimum absolute atomic E-state index is 0.0471. The number of furan rings is 1. The van der Waals surface area contributed by atoms with Gasteiger partial charge in [0.15, 0.2) is 11.7 Å². The highest BCUT2D eigenvalue weighted by Crippen LogP contribution is 2.11. The Morgan fingerprint density at radius 1 is 1.31 bits per heavy atom. The maximum Gasteiger partial charge on any atom is 0.289 e. The van der Waals surface area contributed by atoms with Gasteiger partial charge >= 0.3 is 0 Å². The fourth-order valence-corrected chi connectivity index (χ4v) is 3.16. The van der Waals surface area contributed by atoms with Crippen LogP contribution in [0.5, 0.6) is 0 Å². The Bertz CT molecular complexity index is 563. The van der Waals surface area contributed by atoms with Crippen LogP contribution < -0.4 is 5.32 Å². The zero-order chi connectivity index (χ0) is 18.9. The fraction of sp³-hybridized carbons (Fsp3) is 0.684. The van der Waals surface area contributed by atoms with Crippen LogP contribution in [0.4, 0.5) is 0 Å². The van der Waals surface area contributed by atoms with Gasteiger partial charge in [0.1, 0.15) is 0 Å². The second-order valence-corrected chi connectivity index (χ2v) is 6.76. The van der Waals surface area contributed by atoms with Crippen molar-refractivity contribution in [3.63, 3.8) is 0 Å². The van der Waals surface area contributed by atoms with E-state index >= 15 is 0 Å². The molecule has 1 aromatic heterocycles. The fourth-order valence-electron chi connectivity index (χ4n) is 3.16. The van der Waals surface area contributed by atoms with Gasteiger partial charge in [-0.15, -0.1) is 0 Å². The molecule has 1 saturated heterocycles. The summed E-state index contributed by atoms with van der Waals surface area (Å²) in [4.78, 5) is 20.7. The van der Waals surface area contributed by atoms with E-state index < -0.39 is 0 Å². The third-order valence-corrected chi connectivity index (χ3v) is 4.65. The monoisotopic (exact) mass is 364 g/mol. The van der Waals surface area contributed by atoms with Crippen LogP contribution in [-0.2, 0) is 4.74 Å². The molecule has 1 unspecified atom stereocenters. The zero-order valence-corrected chi connectivity index (χ0v) is 16.4. The van der Waals surface area contributed by atoms with Crippen molar-refractivity contribution in [1.29, 1.82) is 0 Å². The van der Waals surface area contributed by atoms with Crippen molar-refractivity contribution in [2.45, 2.75) is 33.3 Å². The van der Waals surface area contributed by atoms with E-state index in [2.05, 4.69) is 29.1 Å². The Labute approximate surface area is 156 Å². The Balaban J connectivity index is 1.78. The molecule has 1 fully saturated rings. The van der Waals surface area contributed by atoms with Crippen LogP contribution in [0.1, 0.15) is 37.7 Å². The largest absolute Gasteiger partial charge is 0.459 e. The van der Waals surface area contributed by atoms with E-state index in [9.17, 15) is 4.79 Å². The number of hydrogen-bond acceptors (Lipinski definition) is 4. The first kappa shape index (κ1) is 20.3. The van der Waals surface area contributed by atoms with Gasteiger partial charge in [-0.3, -0.25) is 9.79 Å². The van der Waals surface area contributed by atoms with Crippen LogP contribution in [0.25, 0.3) is 0 Å². The van der Waals surface area contributed by atoms with Crippen LogP contribution in [0.15, 0.2) is 27.8 Å². The minimum Gasteiger partial charge on any atom is -0.459 e. The smallest absolute Gasteiger partial charge is 0.289 e. The van der Waals surface area contributed by atoms with Gasteiger partial charge in [-0.1, -0.05) is 13.8 Å². The van der Waals surface area contributed by atoms with Crippen molar-refractivity contribution < 1.29 is 13.9 Å². The molecule has 7 nitrogen and oxygen atoms in total. The Kier molecular flexibility index (Phi) is 7.97. The molecule has 2 heterocycles. The van der Waals surface area contributed by atoms with Gasteiger partial charge < -0.3 is 24.3 Å². The number of ether oxygens (including phenoxy) is 1. The molecule has 26 heavy (non-hydrogen) atoms. The Morgan fingerprint density at radius 2 is 2.00 bits per heavy atom. The number of carbonyl (C=O) groups is 1. The van der Waals surface area contributed by atoms with Crippen molar-refractivity contribution in [2.75, 3.05) is 46.4 Å². The third-order valence-electron chi connectivity index (χ3n) is 4.65.